The third-order valence-corrected chi connectivity index (χ3v) is 2.79. The van der Waals surface area contributed by atoms with Gasteiger partial charge in [-0.1, -0.05) is 15.9 Å². The van der Waals surface area contributed by atoms with E-state index in [-0.39, 0.29) is 0 Å². The van der Waals surface area contributed by atoms with Crippen LogP contribution in [0.25, 0.3) is 11.3 Å². The molecule has 6 heteroatoms. The molecule has 1 aromatic carbocycles. The van der Waals surface area contributed by atoms with Gasteiger partial charge in [0.2, 0.25) is 0 Å². The number of nitrogens with zero attached hydrogens (tertiary/aromatic N) is 1. The summed E-state index contributed by atoms with van der Waals surface area (Å²) in [5.74, 6) is -0.578. The Morgan fingerprint density at radius 1 is 1.56 bits per heavy atom. The number of aromatic nitrogens is 1. The molecule has 0 fully saturated rings. The van der Waals surface area contributed by atoms with E-state index < -0.39 is 12.1 Å². The number of oxazole rings is 1. The molecule has 18 heavy (non-hydrogen) atoms. The van der Waals surface area contributed by atoms with Crippen molar-refractivity contribution in [3.63, 3.8) is 0 Å². The molecule has 1 unspecified atom stereocenters. The second-order valence-corrected chi connectivity index (χ2v) is 4.53. The van der Waals surface area contributed by atoms with E-state index in [2.05, 4.69) is 20.9 Å². The minimum atomic E-state index is -1.02. The number of carbonyl (C=O) groups is 1. The molecule has 0 aliphatic heterocycles. The molecule has 0 bridgehead atoms. The predicted molar refractivity (Wildman–Crippen MR) is 67.4 cm³/mol. The van der Waals surface area contributed by atoms with Crippen LogP contribution in [0.15, 0.2) is 39.7 Å². The minimum Gasteiger partial charge on any atom is -0.479 e. The standard InChI is InChI=1S/C12H10BrNO4/c1-7(12(15)16)18-11-3-2-8(13)4-9(11)10-5-17-6-14-10/h2-7H,1H3,(H,15,16). The van der Waals surface area contributed by atoms with Crippen LogP contribution < -0.4 is 4.74 Å². The van der Waals surface area contributed by atoms with Gasteiger partial charge < -0.3 is 14.3 Å². The summed E-state index contributed by atoms with van der Waals surface area (Å²) in [6.07, 6.45) is 1.84. The van der Waals surface area contributed by atoms with Crippen LogP contribution in [0.3, 0.4) is 0 Å². The lowest BCUT2D eigenvalue weighted by Crippen LogP contribution is -2.23. The van der Waals surface area contributed by atoms with Gasteiger partial charge in [-0.15, -0.1) is 0 Å². The smallest absolute Gasteiger partial charge is 0.344 e. The first-order valence-corrected chi connectivity index (χ1v) is 5.95. The Labute approximate surface area is 112 Å². The topological polar surface area (TPSA) is 72.6 Å². The van der Waals surface area contributed by atoms with E-state index in [1.807, 2.05) is 0 Å². The van der Waals surface area contributed by atoms with Crippen molar-refractivity contribution in [2.75, 3.05) is 0 Å². The lowest BCUT2D eigenvalue weighted by atomic mass is 10.1. The van der Waals surface area contributed by atoms with Gasteiger partial charge in [0.15, 0.2) is 12.5 Å². The summed E-state index contributed by atoms with van der Waals surface area (Å²) in [5.41, 5.74) is 1.26. The molecule has 0 aliphatic rings. The Kier molecular flexibility index (Phi) is 3.66. The molecule has 0 aliphatic carbocycles. The number of carboxylic acids is 1. The van der Waals surface area contributed by atoms with Gasteiger partial charge in [0, 0.05) is 10.0 Å². The van der Waals surface area contributed by atoms with Crippen LogP contribution in [0.2, 0.25) is 0 Å². The fourth-order valence-electron chi connectivity index (χ4n) is 1.39. The van der Waals surface area contributed by atoms with E-state index in [0.29, 0.717) is 17.0 Å². The number of benzene rings is 1. The zero-order valence-electron chi connectivity index (χ0n) is 9.46. The Hall–Kier alpha value is -1.82. The average molecular weight is 312 g/mol. The van der Waals surface area contributed by atoms with Crippen LogP contribution in [0.4, 0.5) is 0 Å². The largest absolute Gasteiger partial charge is 0.479 e. The van der Waals surface area contributed by atoms with Gasteiger partial charge in [-0.3, -0.25) is 0 Å². The summed E-state index contributed by atoms with van der Waals surface area (Å²) in [4.78, 5) is 14.8. The number of aliphatic carboxylic acids is 1. The molecule has 1 N–H and O–H groups in total. The first-order valence-electron chi connectivity index (χ1n) is 5.15. The van der Waals surface area contributed by atoms with Gasteiger partial charge in [-0.25, -0.2) is 9.78 Å². The van der Waals surface area contributed by atoms with Gasteiger partial charge in [-0.2, -0.15) is 0 Å². The quantitative estimate of drug-likeness (QED) is 0.939. The van der Waals surface area contributed by atoms with Crippen molar-refractivity contribution in [2.24, 2.45) is 0 Å². The molecule has 0 amide bonds. The van der Waals surface area contributed by atoms with Gasteiger partial charge >= 0.3 is 5.97 Å². The number of hydrogen-bond acceptors (Lipinski definition) is 4. The summed E-state index contributed by atoms with van der Waals surface area (Å²) >= 11 is 3.35. The van der Waals surface area contributed by atoms with E-state index in [0.717, 1.165) is 4.47 Å². The number of halogens is 1. The molecule has 0 spiro atoms. The first-order chi connectivity index (χ1) is 8.58. The molecule has 2 rings (SSSR count). The number of hydrogen-bond donors (Lipinski definition) is 1. The fourth-order valence-corrected chi connectivity index (χ4v) is 1.75. The SMILES string of the molecule is CC(Oc1ccc(Br)cc1-c1cocn1)C(=O)O. The lowest BCUT2D eigenvalue weighted by molar-refractivity contribution is -0.144. The summed E-state index contributed by atoms with van der Waals surface area (Å²) in [7, 11) is 0. The highest BCUT2D eigenvalue weighted by Gasteiger charge is 2.16. The van der Waals surface area contributed by atoms with Crippen molar-refractivity contribution >= 4 is 21.9 Å². The number of carboxylic acid groups (broad SMARTS) is 1. The van der Waals surface area contributed by atoms with Crippen molar-refractivity contribution in [1.29, 1.82) is 0 Å². The van der Waals surface area contributed by atoms with E-state index >= 15 is 0 Å². The summed E-state index contributed by atoms with van der Waals surface area (Å²) in [6, 6.07) is 5.25. The molecule has 5 nitrogen and oxygen atoms in total. The second-order valence-electron chi connectivity index (χ2n) is 3.61. The highest BCUT2D eigenvalue weighted by Crippen LogP contribution is 2.32. The summed E-state index contributed by atoms with van der Waals surface area (Å²) in [5, 5.41) is 8.85. The lowest BCUT2D eigenvalue weighted by Gasteiger charge is -2.13. The molecular weight excluding hydrogens is 302 g/mol. The molecule has 0 radical (unpaired) electrons. The molecular formula is C12H10BrNO4. The van der Waals surface area contributed by atoms with Crippen molar-refractivity contribution in [2.45, 2.75) is 13.0 Å². The number of rotatable bonds is 4. The third kappa shape index (κ3) is 2.70. The van der Waals surface area contributed by atoms with Gasteiger partial charge in [-0.05, 0) is 25.1 Å². The molecule has 0 saturated carbocycles. The number of ether oxygens (including phenoxy) is 1. The minimum absolute atomic E-state index is 0.446. The van der Waals surface area contributed by atoms with Crippen molar-refractivity contribution in [1.82, 2.24) is 4.98 Å². The van der Waals surface area contributed by atoms with Crippen LogP contribution >= 0.6 is 15.9 Å². The maximum absolute atomic E-state index is 10.8. The Balaban J connectivity index is 2.38. The highest BCUT2D eigenvalue weighted by atomic mass is 79.9. The van der Waals surface area contributed by atoms with Crippen molar-refractivity contribution in [3.8, 4) is 17.0 Å². The van der Waals surface area contributed by atoms with Gasteiger partial charge in [0.25, 0.3) is 0 Å². The maximum atomic E-state index is 10.8. The molecule has 2 aromatic rings. The first kappa shape index (κ1) is 12.6. The average Bonchev–Trinajstić information content (AvgIpc) is 2.84. The Bertz CT molecular complexity index is 553. The van der Waals surface area contributed by atoms with Crippen molar-refractivity contribution in [3.05, 3.63) is 35.3 Å². The van der Waals surface area contributed by atoms with Crippen LogP contribution in [-0.2, 0) is 4.79 Å². The van der Waals surface area contributed by atoms with Crippen LogP contribution in [0, 0.1) is 0 Å². The third-order valence-electron chi connectivity index (χ3n) is 2.30. The molecule has 1 heterocycles. The Morgan fingerprint density at radius 3 is 2.94 bits per heavy atom. The molecule has 0 saturated heterocycles. The monoisotopic (exact) mass is 311 g/mol. The molecule has 94 valence electrons. The van der Waals surface area contributed by atoms with E-state index in [9.17, 15) is 4.79 Å². The second kappa shape index (κ2) is 5.22. The zero-order valence-corrected chi connectivity index (χ0v) is 11.0. The maximum Gasteiger partial charge on any atom is 0.344 e. The van der Waals surface area contributed by atoms with Crippen LogP contribution in [-0.4, -0.2) is 22.2 Å². The van der Waals surface area contributed by atoms with Crippen LogP contribution in [0.1, 0.15) is 6.92 Å². The molecule has 1 aromatic heterocycles. The summed E-state index contributed by atoms with van der Waals surface area (Å²) in [6.45, 7) is 1.47. The Morgan fingerprint density at radius 2 is 2.33 bits per heavy atom. The van der Waals surface area contributed by atoms with E-state index in [1.165, 1.54) is 19.6 Å². The predicted octanol–water partition coefficient (Wildman–Crippen LogP) is 2.96. The van der Waals surface area contributed by atoms with Crippen LogP contribution in [0.5, 0.6) is 5.75 Å². The van der Waals surface area contributed by atoms with Gasteiger partial charge in [0.1, 0.15) is 17.7 Å². The highest BCUT2D eigenvalue weighted by molar-refractivity contribution is 9.10. The van der Waals surface area contributed by atoms with Crippen molar-refractivity contribution < 1.29 is 19.1 Å². The summed E-state index contributed by atoms with van der Waals surface area (Å²) < 4.78 is 11.1. The fraction of sp³-hybridized carbons (Fsp3) is 0.167. The zero-order chi connectivity index (χ0) is 13.1. The van der Waals surface area contributed by atoms with E-state index in [4.69, 9.17) is 14.3 Å². The van der Waals surface area contributed by atoms with Gasteiger partial charge in [0.05, 0.1) is 0 Å². The van der Waals surface area contributed by atoms with E-state index in [1.54, 1.807) is 18.2 Å². The normalized spacial score (nSPS) is 12.1. The molecule has 1 atom stereocenters.